The molecule has 0 spiro atoms. The molecule has 0 saturated carbocycles. The van der Waals surface area contributed by atoms with Gasteiger partial charge in [-0.25, -0.2) is 4.99 Å². The third-order valence-corrected chi connectivity index (χ3v) is 8.66. The number of phenols is 1. The predicted octanol–water partition coefficient (Wildman–Crippen LogP) is 5.46. The van der Waals surface area contributed by atoms with Gasteiger partial charge in [-0.3, -0.25) is 19.5 Å². The van der Waals surface area contributed by atoms with Crippen LogP contribution in [0, 0.1) is 10.1 Å². The normalized spacial score (nSPS) is 16.6. The number of allylic oxidation sites excluding steroid dienone is 1. The third kappa shape index (κ3) is 4.09. The fraction of sp³-hybridized carbons (Fsp3) is 0.111. The summed E-state index contributed by atoms with van der Waals surface area (Å²) in [6.45, 7) is 0. The summed E-state index contributed by atoms with van der Waals surface area (Å²) in [5.74, 6) is 0.0255. The first-order valence-corrected chi connectivity index (χ1v) is 13.8. The van der Waals surface area contributed by atoms with E-state index in [1.807, 2.05) is 24.3 Å². The van der Waals surface area contributed by atoms with Gasteiger partial charge in [0.25, 0.3) is 11.2 Å². The number of benzene rings is 3. The van der Waals surface area contributed by atoms with Gasteiger partial charge in [-0.2, -0.15) is 0 Å². The number of nitrogens with zero attached hydrogens (tertiary/aromatic N) is 3. The van der Waals surface area contributed by atoms with Gasteiger partial charge in [0.1, 0.15) is 5.75 Å². The first kappa shape index (κ1) is 24.0. The largest absolute Gasteiger partial charge is 0.506 e. The number of non-ortho nitro benzene ring substituents is 1. The monoisotopic (exact) mass is 637 g/mol. The molecule has 37 heavy (non-hydrogen) atoms. The number of aromatic nitrogens is 1. The lowest BCUT2D eigenvalue weighted by Crippen LogP contribution is -2.38. The number of hydrogen-bond donors (Lipinski definition) is 1. The van der Waals surface area contributed by atoms with Gasteiger partial charge in [0, 0.05) is 27.7 Å². The molecular formula is C27H17Br2N3O4S. The fourth-order valence-corrected chi connectivity index (χ4v) is 7.22. The number of rotatable bonds is 3. The van der Waals surface area contributed by atoms with Gasteiger partial charge in [-0.1, -0.05) is 63.7 Å². The number of aryl methyl sites for hydroxylation is 1. The number of nitro benzene ring substituents is 1. The summed E-state index contributed by atoms with van der Waals surface area (Å²) in [6.07, 6.45) is 3.13. The summed E-state index contributed by atoms with van der Waals surface area (Å²) >= 11 is 8.01. The first-order valence-electron chi connectivity index (χ1n) is 11.4. The highest BCUT2D eigenvalue weighted by Crippen LogP contribution is 2.41. The second-order valence-corrected chi connectivity index (χ2v) is 11.6. The molecule has 1 atom stereocenters. The molecule has 0 unspecified atom stereocenters. The molecule has 0 radical (unpaired) electrons. The molecule has 0 saturated heterocycles. The Bertz CT molecular complexity index is 1840. The van der Waals surface area contributed by atoms with E-state index in [-0.39, 0.29) is 17.0 Å². The Morgan fingerprint density at radius 1 is 1.11 bits per heavy atom. The molecule has 1 aromatic heterocycles. The van der Waals surface area contributed by atoms with Crippen molar-refractivity contribution < 1.29 is 10.0 Å². The average molecular weight is 639 g/mol. The van der Waals surface area contributed by atoms with Crippen LogP contribution in [0.25, 0.3) is 11.8 Å². The van der Waals surface area contributed by atoms with Gasteiger partial charge in [-0.15, -0.1) is 0 Å². The van der Waals surface area contributed by atoms with Gasteiger partial charge in [-0.05, 0) is 63.7 Å². The summed E-state index contributed by atoms with van der Waals surface area (Å²) in [6, 6.07) is 17.5. The van der Waals surface area contributed by atoms with Gasteiger partial charge in [0.2, 0.25) is 0 Å². The van der Waals surface area contributed by atoms with Crippen molar-refractivity contribution in [3.63, 3.8) is 0 Å². The SMILES string of the molecule is O=c1/c(=C\c2cc(Br)cc(Br)c2O)sc2n1[C@@H](c1cccc([N+](=O)[O-])c1)C1=C(N=2)c2ccccc2CC1. The molecule has 1 N–H and O–H groups in total. The Morgan fingerprint density at radius 3 is 2.73 bits per heavy atom. The Labute approximate surface area is 231 Å². The zero-order chi connectivity index (χ0) is 25.8. The molecule has 10 heteroatoms. The minimum atomic E-state index is -0.524. The van der Waals surface area contributed by atoms with Crippen LogP contribution in [0.2, 0.25) is 0 Å². The lowest BCUT2D eigenvalue weighted by atomic mass is 9.83. The number of halogens is 2. The molecule has 1 aliphatic heterocycles. The Hall–Kier alpha value is -3.34. The zero-order valence-electron chi connectivity index (χ0n) is 19.0. The van der Waals surface area contributed by atoms with Crippen molar-refractivity contribution in [1.82, 2.24) is 4.57 Å². The van der Waals surface area contributed by atoms with Gasteiger partial charge < -0.3 is 5.11 Å². The van der Waals surface area contributed by atoms with E-state index in [1.54, 1.807) is 28.8 Å². The lowest BCUT2D eigenvalue weighted by Gasteiger charge is -2.30. The maximum Gasteiger partial charge on any atom is 0.271 e. The topological polar surface area (TPSA) is 97.7 Å². The molecule has 4 aromatic rings. The van der Waals surface area contributed by atoms with Crippen LogP contribution in [-0.4, -0.2) is 14.6 Å². The van der Waals surface area contributed by atoms with Gasteiger partial charge in [0.05, 0.1) is 25.7 Å². The molecule has 0 bridgehead atoms. The average Bonchev–Trinajstić information content (AvgIpc) is 3.20. The molecule has 7 nitrogen and oxygen atoms in total. The number of phenolic OH excluding ortho intramolecular Hbond substituents is 1. The van der Waals surface area contributed by atoms with E-state index in [2.05, 4.69) is 37.9 Å². The lowest BCUT2D eigenvalue weighted by molar-refractivity contribution is -0.384. The van der Waals surface area contributed by atoms with Crippen LogP contribution in [0.15, 0.2) is 85.0 Å². The van der Waals surface area contributed by atoms with Crippen LogP contribution in [0.1, 0.15) is 34.7 Å². The van der Waals surface area contributed by atoms with E-state index in [0.717, 1.165) is 27.7 Å². The number of nitro groups is 1. The molecule has 0 fully saturated rings. The molecule has 184 valence electrons. The maximum absolute atomic E-state index is 13.8. The Kier molecular flexibility index (Phi) is 5.97. The second kappa shape index (κ2) is 9.20. The maximum atomic E-state index is 13.8. The highest BCUT2D eigenvalue weighted by atomic mass is 79.9. The van der Waals surface area contributed by atoms with E-state index in [0.29, 0.717) is 31.4 Å². The highest BCUT2D eigenvalue weighted by Gasteiger charge is 2.33. The number of hydrogen-bond acceptors (Lipinski definition) is 6. The van der Waals surface area contributed by atoms with E-state index >= 15 is 0 Å². The minimum Gasteiger partial charge on any atom is -0.506 e. The second-order valence-electron chi connectivity index (χ2n) is 8.79. The van der Waals surface area contributed by atoms with Crippen molar-refractivity contribution >= 4 is 60.7 Å². The zero-order valence-corrected chi connectivity index (χ0v) is 23.0. The molecule has 3 aromatic carbocycles. The fourth-order valence-electron chi connectivity index (χ4n) is 4.97. The third-order valence-electron chi connectivity index (χ3n) is 6.61. The van der Waals surface area contributed by atoms with Crippen LogP contribution in [-0.2, 0) is 6.42 Å². The van der Waals surface area contributed by atoms with E-state index in [1.165, 1.54) is 29.0 Å². The molecule has 0 amide bonds. The van der Waals surface area contributed by atoms with Crippen LogP contribution in [0.3, 0.4) is 0 Å². The van der Waals surface area contributed by atoms with E-state index in [9.17, 15) is 20.0 Å². The van der Waals surface area contributed by atoms with Crippen LogP contribution in [0.4, 0.5) is 5.69 Å². The van der Waals surface area contributed by atoms with Crippen LogP contribution < -0.4 is 14.9 Å². The van der Waals surface area contributed by atoms with Crippen LogP contribution in [0.5, 0.6) is 5.75 Å². The standard InChI is InChI=1S/C27H17Br2N3O4S/c28-17-10-16(25(33)21(29)13-17)12-22-26(34)31-24(15-5-3-6-18(11-15)32(35)36)20-9-8-14-4-1-2-7-19(14)23(20)30-27(31)37-22/h1-7,10-13,24,33H,8-9H2/b22-12+/t24-/m0/s1. The minimum absolute atomic E-state index is 0.0255. The molecule has 6 rings (SSSR count). The summed E-state index contributed by atoms with van der Waals surface area (Å²) in [5, 5.41) is 22.1. The quantitative estimate of drug-likeness (QED) is 0.238. The van der Waals surface area contributed by atoms with E-state index in [4.69, 9.17) is 4.99 Å². The van der Waals surface area contributed by atoms with Crippen molar-refractivity contribution in [2.45, 2.75) is 18.9 Å². The van der Waals surface area contributed by atoms with Crippen LogP contribution >= 0.6 is 43.2 Å². The summed E-state index contributed by atoms with van der Waals surface area (Å²) < 4.78 is 3.29. The van der Waals surface area contributed by atoms with Crippen molar-refractivity contribution in [1.29, 1.82) is 0 Å². The first-order chi connectivity index (χ1) is 17.8. The predicted molar refractivity (Wildman–Crippen MR) is 149 cm³/mol. The van der Waals surface area contributed by atoms with E-state index < -0.39 is 11.0 Å². The molecule has 2 heterocycles. The van der Waals surface area contributed by atoms with Gasteiger partial charge >= 0.3 is 0 Å². The smallest absolute Gasteiger partial charge is 0.271 e. The molecular weight excluding hydrogens is 622 g/mol. The summed E-state index contributed by atoms with van der Waals surface area (Å²) in [7, 11) is 0. The van der Waals surface area contributed by atoms with Crippen molar-refractivity contribution in [3.05, 3.63) is 127 Å². The summed E-state index contributed by atoms with van der Waals surface area (Å²) in [4.78, 5) is 30.4. The number of thiazole rings is 1. The van der Waals surface area contributed by atoms with Crippen molar-refractivity contribution in [2.75, 3.05) is 0 Å². The molecule has 1 aliphatic carbocycles. The Morgan fingerprint density at radius 2 is 1.92 bits per heavy atom. The van der Waals surface area contributed by atoms with Gasteiger partial charge in [0.15, 0.2) is 4.80 Å². The molecule has 2 aliphatic rings. The van der Waals surface area contributed by atoms with Crippen molar-refractivity contribution in [2.24, 2.45) is 4.99 Å². The Balaban J connectivity index is 1.64. The highest BCUT2D eigenvalue weighted by molar-refractivity contribution is 9.11. The van der Waals surface area contributed by atoms with Crippen molar-refractivity contribution in [3.8, 4) is 5.75 Å². The summed E-state index contributed by atoms with van der Waals surface area (Å²) in [5.41, 5.74) is 4.84. The number of aromatic hydroxyl groups is 1. The number of fused-ring (bicyclic) bond motifs is 3.